The van der Waals surface area contributed by atoms with Gasteiger partial charge in [0.05, 0.1) is 17.9 Å². The van der Waals surface area contributed by atoms with Gasteiger partial charge in [0.25, 0.3) is 16.0 Å². The van der Waals surface area contributed by atoms with Gasteiger partial charge in [0.1, 0.15) is 11.8 Å². The molecule has 1 amide bonds. The van der Waals surface area contributed by atoms with Gasteiger partial charge in [0, 0.05) is 0 Å². The molecular weight excluding hydrogens is 374 g/mol. The summed E-state index contributed by atoms with van der Waals surface area (Å²) in [6.07, 6.45) is 0.260. The van der Waals surface area contributed by atoms with Crippen LogP contribution >= 0.6 is 0 Å². The smallest absolute Gasteiger partial charge is 0.326 e. The molecule has 0 aromatic heterocycles. The van der Waals surface area contributed by atoms with Gasteiger partial charge in [-0.15, -0.1) is 0 Å². The topological polar surface area (TPSA) is 130 Å². The van der Waals surface area contributed by atoms with E-state index in [9.17, 15) is 23.1 Å². The number of carbonyl (C=O) groups is 2. The molecule has 27 heavy (non-hydrogen) atoms. The van der Waals surface area contributed by atoms with Crippen molar-refractivity contribution >= 4 is 32.8 Å². The summed E-state index contributed by atoms with van der Waals surface area (Å²) in [5, 5.41) is 12.9. The van der Waals surface area contributed by atoms with E-state index in [1.54, 1.807) is 24.3 Å². The number of carboxylic acid groups (broad SMARTS) is 1. The van der Waals surface area contributed by atoms with Crippen LogP contribution in [0.2, 0.25) is 0 Å². The van der Waals surface area contributed by atoms with Gasteiger partial charge >= 0.3 is 5.97 Å². The minimum atomic E-state index is -4.35. The van der Waals surface area contributed by atoms with Crippen LogP contribution < -0.4 is 10.1 Å². The number of rotatable bonds is 9. The van der Waals surface area contributed by atoms with E-state index in [1.165, 1.54) is 0 Å². The molecule has 0 bridgehead atoms. The minimum Gasteiger partial charge on any atom is -0.493 e. The van der Waals surface area contributed by atoms with Crippen LogP contribution in [-0.2, 0) is 14.9 Å². The molecule has 2 aromatic carbocycles. The molecule has 0 fully saturated rings. The van der Waals surface area contributed by atoms with Gasteiger partial charge < -0.3 is 15.2 Å². The molecule has 3 N–H and O–H groups in total. The molecule has 9 heteroatoms. The Morgan fingerprint density at radius 2 is 1.89 bits per heavy atom. The van der Waals surface area contributed by atoms with Crippen molar-refractivity contribution in [2.24, 2.45) is 0 Å². The maximum Gasteiger partial charge on any atom is 0.326 e. The van der Waals surface area contributed by atoms with Gasteiger partial charge in [-0.2, -0.15) is 8.42 Å². The SMILES string of the molecule is CCCOc1ccc2ccccc2c1C(=O)N[C@@H](CCS(=O)(=O)O)C(=O)O. The van der Waals surface area contributed by atoms with Crippen molar-refractivity contribution in [3.05, 3.63) is 42.0 Å². The molecule has 1 atom stereocenters. The molecule has 0 saturated carbocycles. The van der Waals surface area contributed by atoms with E-state index in [-0.39, 0.29) is 5.56 Å². The minimum absolute atomic E-state index is 0.180. The van der Waals surface area contributed by atoms with E-state index in [2.05, 4.69) is 5.32 Å². The lowest BCUT2D eigenvalue weighted by molar-refractivity contribution is -0.139. The molecule has 0 spiro atoms. The third-order valence-electron chi connectivity index (χ3n) is 3.85. The Labute approximate surface area is 156 Å². The number of nitrogens with one attached hydrogen (secondary N) is 1. The first-order valence-electron chi connectivity index (χ1n) is 8.36. The number of carbonyl (C=O) groups excluding carboxylic acids is 1. The Bertz CT molecular complexity index is 940. The van der Waals surface area contributed by atoms with E-state index in [1.807, 2.05) is 19.1 Å². The summed E-state index contributed by atoms with van der Waals surface area (Å²) in [6.45, 7) is 2.29. The summed E-state index contributed by atoms with van der Waals surface area (Å²) in [4.78, 5) is 24.2. The monoisotopic (exact) mass is 395 g/mol. The molecule has 0 aliphatic heterocycles. The van der Waals surface area contributed by atoms with Crippen LogP contribution in [-0.4, -0.2) is 48.4 Å². The molecule has 2 rings (SSSR count). The predicted octanol–water partition coefficient (Wildman–Crippen LogP) is 2.09. The van der Waals surface area contributed by atoms with Crippen molar-refractivity contribution < 1.29 is 32.4 Å². The Kier molecular flexibility index (Phi) is 6.75. The lowest BCUT2D eigenvalue weighted by Gasteiger charge is -2.17. The van der Waals surface area contributed by atoms with Crippen molar-refractivity contribution in [1.29, 1.82) is 0 Å². The highest BCUT2D eigenvalue weighted by atomic mass is 32.2. The summed E-state index contributed by atoms with van der Waals surface area (Å²) in [7, 11) is -4.35. The Morgan fingerprint density at radius 3 is 2.52 bits per heavy atom. The third kappa shape index (κ3) is 5.66. The fraction of sp³-hybridized carbons (Fsp3) is 0.333. The maximum atomic E-state index is 12.8. The zero-order chi connectivity index (χ0) is 20.0. The van der Waals surface area contributed by atoms with Gasteiger partial charge in [-0.1, -0.05) is 37.3 Å². The Morgan fingerprint density at radius 1 is 1.19 bits per heavy atom. The molecule has 8 nitrogen and oxygen atoms in total. The van der Waals surface area contributed by atoms with Crippen molar-refractivity contribution in [1.82, 2.24) is 5.32 Å². The van der Waals surface area contributed by atoms with Crippen molar-refractivity contribution in [3.63, 3.8) is 0 Å². The molecule has 0 aliphatic carbocycles. The van der Waals surface area contributed by atoms with Crippen LogP contribution in [0.4, 0.5) is 0 Å². The molecule has 146 valence electrons. The summed E-state index contributed by atoms with van der Waals surface area (Å²) >= 11 is 0. The van der Waals surface area contributed by atoms with E-state index in [0.717, 1.165) is 11.8 Å². The Hall–Kier alpha value is -2.65. The first-order valence-corrected chi connectivity index (χ1v) is 9.97. The van der Waals surface area contributed by atoms with Crippen LogP contribution in [0.25, 0.3) is 10.8 Å². The number of carboxylic acids is 1. The zero-order valence-electron chi connectivity index (χ0n) is 14.7. The predicted molar refractivity (Wildman–Crippen MR) is 99.7 cm³/mol. The second-order valence-electron chi connectivity index (χ2n) is 5.95. The summed E-state index contributed by atoms with van der Waals surface area (Å²) in [6, 6.07) is 9.04. The van der Waals surface area contributed by atoms with E-state index in [4.69, 9.17) is 9.29 Å². The van der Waals surface area contributed by atoms with E-state index >= 15 is 0 Å². The van der Waals surface area contributed by atoms with Crippen LogP contribution in [0, 0.1) is 0 Å². The fourth-order valence-corrected chi connectivity index (χ4v) is 3.11. The van der Waals surface area contributed by atoms with E-state index < -0.39 is 40.2 Å². The lowest BCUT2D eigenvalue weighted by Crippen LogP contribution is -2.42. The molecule has 2 aromatic rings. The highest BCUT2D eigenvalue weighted by molar-refractivity contribution is 7.85. The summed E-state index contributed by atoms with van der Waals surface area (Å²) in [5.74, 6) is -2.56. The number of fused-ring (bicyclic) bond motifs is 1. The van der Waals surface area contributed by atoms with Crippen LogP contribution in [0.5, 0.6) is 5.75 Å². The molecule has 0 radical (unpaired) electrons. The fourth-order valence-electron chi connectivity index (χ4n) is 2.57. The van der Waals surface area contributed by atoms with Crippen molar-refractivity contribution in [2.75, 3.05) is 12.4 Å². The lowest BCUT2D eigenvalue weighted by atomic mass is 10.0. The molecule has 0 aliphatic rings. The third-order valence-corrected chi connectivity index (χ3v) is 4.60. The number of aliphatic carboxylic acids is 1. The normalized spacial score (nSPS) is 12.5. The Balaban J connectivity index is 2.37. The van der Waals surface area contributed by atoms with Gasteiger partial charge in [-0.05, 0) is 29.7 Å². The molecule has 0 unspecified atom stereocenters. The number of amides is 1. The molecule has 0 saturated heterocycles. The average molecular weight is 395 g/mol. The first kappa shape index (κ1) is 20.7. The van der Waals surface area contributed by atoms with Gasteiger partial charge in [-0.3, -0.25) is 9.35 Å². The maximum absolute atomic E-state index is 12.8. The quantitative estimate of drug-likeness (QED) is 0.554. The first-order chi connectivity index (χ1) is 12.7. The van der Waals surface area contributed by atoms with E-state index in [0.29, 0.717) is 17.7 Å². The highest BCUT2D eigenvalue weighted by Gasteiger charge is 2.25. The van der Waals surface area contributed by atoms with Crippen LogP contribution in [0.3, 0.4) is 0 Å². The molecule has 0 heterocycles. The van der Waals surface area contributed by atoms with Crippen molar-refractivity contribution in [2.45, 2.75) is 25.8 Å². The van der Waals surface area contributed by atoms with Crippen molar-refractivity contribution in [3.8, 4) is 5.75 Å². The summed E-state index contributed by atoms with van der Waals surface area (Å²) < 4.78 is 36.2. The van der Waals surface area contributed by atoms with Crippen LogP contribution in [0.15, 0.2) is 36.4 Å². The van der Waals surface area contributed by atoms with Gasteiger partial charge in [0.2, 0.25) is 0 Å². The zero-order valence-corrected chi connectivity index (χ0v) is 15.5. The highest BCUT2D eigenvalue weighted by Crippen LogP contribution is 2.28. The number of ether oxygens (including phenoxy) is 1. The molecular formula is C18H21NO7S. The van der Waals surface area contributed by atoms with Gasteiger partial charge in [0.15, 0.2) is 0 Å². The second-order valence-corrected chi connectivity index (χ2v) is 7.52. The summed E-state index contributed by atoms with van der Waals surface area (Å²) in [5.41, 5.74) is 0.180. The number of benzene rings is 2. The van der Waals surface area contributed by atoms with Gasteiger partial charge in [-0.25, -0.2) is 4.79 Å². The number of hydrogen-bond acceptors (Lipinski definition) is 5. The van der Waals surface area contributed by atoms with Crippen LogP contribution in [0.1, 0.15) is 30.1 Å². The average Bonchev–Trinajstić information content (AvgIpc) is 2.61. The largest absolute Gasteiger partial charge is 0.493 e. The number of hydrogen-bond donors (Lipinski definition) is 3. The standard InChI is InChI=1S/C18H21NO7S/c1-2-10-26-15-8-7-12-5-3-4-6-13(12)16(15)17(20)19-14(18(21)22)9-11-27(23,24)25/h3-8,14H,2,9-11H2,1H3,(H,19,20)(H,21,22)(H,23,24,25)/t14-/m0/s1. The second kappa shape index (κ2) is 8.83.